The highest BCUT2D eigenvalue weighted by atomic mass is 16.5. The molecule has 6 nitrogen and oxygen atoms in total. The first-order chi connectivity index (χ1) is 10.8. The van der Waals surface area contributed by atoms with Crippen molar-refractivity contribution in [2.24, 2.45) is 28.6 Å². The Bertz CT molecular complexity index is 499. The number of hydrogen-bond donors (Lipinski definition) is 2. The van der Waals surface area contributed by atoms with Crippen LogP contribution in [0.1, 0.15) is 40.0 Å². The second kappa shape index (κ2) is 6.32. The maximum absolute atomic E-state index is 12.7. The second-order valence-electron chi connectivity index (χ2n) is 7.33. The van der Waals surface area contributed by atoms with Crippen LogP contribution in [0.4, 0.5) is 0 Å². The van der Waals surface area contributed by atoms with Crippen LogP contribution in [0.3, 0.4) is 0 Å². The monoisotopic (exact) mass is 326 g/mol. The Kier molecular flexibility index (Phi) is 4.97. The van der Waals surface area contributed by atoms with Crippen LogP contribution >= 0.6 is 0 Å². The zero-order valence-corrected chi connectivity index (χ0v) is 14.0. The number of hydrogen-bond acceptors (Lipinski definition) is 6. The molecule has 0 aromatic heterocycles. The van der Waals surface area contributed by atoms with Gasteiger partial charge in [-0.2, -0.15) is 0 Å². The molecule has 2 saturated carbocycles. The lowest BCUT2D eigenvalue weighted by Gasteiger charge is -2.33. The van der Waals surface area contributed by atoms with Gasteiger partial charge in [-0.3, -0.25) is 14.4 Å². The Balaban J connectivity index is 2.23. The molecule has 0 spiro atoms. The molecule has 130 valence electrons. The van der Waals surface area contributed by atoms with Crippen molar-refractivity contribution in [1.29, 1.82) is 0 Å². The molecule has 0 heterocycles. The third-order valence-corrected chi connectivity index (χ3v) is 5.83. The van der Waals surface area contributed by atoms with E-state index in [1.807, 2.05) is 13.8 Å². The van der Waals surface area contributed by atoms with Gasteiger partial charge < -0.3 is 14.9 Å². The van der Waals surface area contributed by atoms with Crippen molar-refractivity contribution in [3.8, 4) is 0 Å². The lowest BCUT2D eigenvalue weighted by atomic mass is 9.73. The minimum Gasteiger partial charge on any atom is -0.464 e. The van der Waals surface area contributed by atoms with Crippen molar-refractivity contribution in [2.45, 2.75) is 40.0 Å². The number of esters is 1. The molecule has 0 aliphatic heterocycles. The van der Waals surface area contributed by atoms with Crippen LogP contribution in [-0.2, 0) is 19.1 Å². The molecule has 6 heteroatoms. The number of carbonyl (C=O) groups excluding carboxylic acids is 3. The molecule has 2 aliphatic rings. The van der Waals surface area contributed by atoms with Crippen LogP contribution in [0, 0.1) is 28.6 Å². The van der Waals surface area contributed by atoms with E-state index in [0.717, 1.165) is 0 Å². The lowest BCUT2D eigenvalue weighted by Crippen LogP contribution is -2.45. The fourth-order valence-electron chi connectivity index (χ4n) is 4.20. The normalized spacial score (nSPS) is 30.3. The highest BCUT2D eigenvalue weighted by Gasteiger charge is 2.69. The number of fused-ring (bicyclic) bond motifs is 2. The van der Waals surface area contributed by atoms with Gasteiger partial charge in [0.25, 0.3) is 0 Å². The smallest absolute Gasteiger partial charge is 0.320 e. The summed E-state index contributed by atoms with van der Waals surface area (Å²) in [5.41, 5.74) is -2.27. The number of carbonyl (C=O) groups is 3. The van der Waals surface area contributed by atoms with Crippen molar-refractivity contribution in [3.05, 3.63) is 0 Å². The second-order valence-corrected chi connectivity index (χ2v) is 7.33. The molecular weight excluding hydrogens is 300 g/mol. The lowest BCUT2D eigenvalue weighted by molar-refractivity contribution is -0.168. The van der Waals surface area contributed by atoms with Gasteiger partial charge in [-0.15, -0.1) is 0 Å². The Morgan fingerprint density at radius 2 is 1.96 bits per heavy atom. The first kappa shape index (κ1) is 18.1. The van der Waals surface area contributed by atoms with E-state index in [2.05, 4.69) is 0 Å². The molecule has 2 aliphatic carbocycles. The third kappa shape index (κ3) is 2.52. The van der Waals surface area contributed by atoms with Gasteiger partial charge in [0.15, 0.2) is 0 Å². The van der Waals surface area contributed by atoms with E-state index in [0.29, 0.717) is 19.3 Å². The molecule has 2 rings (SSSR count). The highest BCUT2D eigenvalue weighted by Crippen LogP contribution is 2.58. The van der Waals surface area contributed by atoms with Gasteiger partial charge in [0.2, 0.25) is 11.6 Å². The predicted molar refractivity (Wildman–Crippen MR) is 81.4 cm³/mol. The van der Waals surface area contributed by atoms with Crippen LogP contribution in [0.15, 0.2) is 0 Å². The molecule has 0 amide bonds. The maximum atomic E-state index is 12.7. The molecule has 0 aromatic carbocycles. The van der Waals surface area contributed by atoms with Gasteiger partial charge in [-0.25, -0.2) is 0 Å². The summed E-state index contributed by atoms with van der Waals surface area (Å²) in [6, 6.07) is 0. The summed E-state index contributed by atoms with van der Waals surface area (Å²) in [7, 11) is 0. The SMILES string of the molecule is CCC(CO)(CO)COC(=O)C12CCC(C(=O)C1=O)C2C(C)C. The van der Waals surface area contributed by atoms with Crippen LogP contribution in [-0.4, -0.2) is 47.6 Å². The summed E-state index contributed by atoms with van der Waals surface area (Å²) in [5, 5.41) is 18.9. The zero-order chi connectivity index (χ0) is 17.4. The standard InChI is InChI=1S/C17H26O6/c1-4-16(7-18,8-19)9-23-15(22)17-6-5-11(12(17)10(2)3)13(20)14(17)21/h10-12,18-19H,4-9H2,1-3H3. The minimum absolute atomic E-state index is 0.0251. The topological polar surface area (TPSA) is 101 Å². The van der Waals surface area contributed by atoms with Crippen LogP contribution < -0.4 is 0 Å². The van der Waals surface area contributed by atoms with E-state index in [1.165, 1.54) is 0 Å². The molecule has 2 fully saturated rings. The van der Waals surface area contributed by atoms with Gasteiger partial charge in [0.05, 0.1) is 18.6 Å². The van der Waals surface area contributed by atoms with E-state index in [4.69, 9.17) is 4.74 Å². The van der Waals surface area contributed by atoms with Gasteiger partial charge in [0, 0.05) is 5.92 Å². The van der Waals surface area contributed by atoms with Crippen molar-refractivity contribution in [3.63, 3.8) is 0 Å². The van der Waals surface area contributed by atoms with Crippen molar-refractivity contribution in [2.75, 3.05) is 19.8 Å². The quantitative estimate of drug-likeness (QED) is 0.406. The van der Waals surface area contributed by atoms with Crippen LogP contribution in [0.25, 0.3) is 0 Å². The zero-order valence-electron chi connectivity index (χ0n) is 14.0. The van der Waals surface area contributed by atoms with Crippen molar-refractivity contribution in [1.82, 2.24) is 0 Å². The predicted octanol–water partition coefficient (Wildman–Crippen LogP) is 0.731. The number of aliphatic hydroxyl groups excluding tert-OH is 2. The Labute approximate surface area is 136 Å². The van der Waals surface area contributed by atoms with Crippen molar-refractivity contribution < 1.29 is 29.3 Å². The average molecular weight is 326 g/mol. The Morgan fingerprint density at radius 1 is 1.35 bits per heavy atom. The van der Waals surface area contributed by atoms with E-state index < -0.39 is 28.4 Å². The highest BCUT2D eigenvalue weighted by molar-refractivity contribution is 6.46. The fourth-order valence-corrected chi connectivity index (χ4v) is 4.20. The van der Waals surface area contributed by atoms with E-state index in [-0.39, 0.29) is 37.6 Å². The summed E-state index contributed by atoms with van der Waals surface area (Å²) in [5.74, 6) is -2.40. The molecule has 0 radical (unpaired) electrons. The molecule has 3 unspecified atom stereocenters. The molecule has 0 saturated heterocycles. The molecular formula is C17H26O6. The number of rotatable bonds is 7. The summed E-state index contributed by atoms with van der Waals surface area (Å²) in [4.78, 5) is 37.3. The number of ketones is 2. The number of aliphatic hydroxyl groups is 2. The van der Waals surface area contributed by atoms with E-state index >= 15 is 0 Å². The van der Waals surface area contributed by atoms with Gasteiger partial charge in [-0.1, -0.05) is 20.8 Å². The number of Topliss-reactive ketones (excluding diaryl/α,β-unsaturated/α-hetero) is 2. The minimum atomic E-state index is -1.36. The molecule has 3 atom stereocenters. The summed E-state index contributed by atoms with van der Waals surface area (Å²) in [6.45, 7) is 4.81. The van der Waals surface area contributed by atoms with Crippen molar-refractivity contribution >= 4 is 17.5 Å². The van der Waals surface area contributed by atoms with Crippen LogP contribution in [0.5, 0.6) is 0 Å². The van der Waals surface area contributed by atoms with E-state index in [9.17, 15) is 24.6 Å². The first-order valence-corrected chi connectivity index (χ1v) is 8.27. The fraction of sp³-hybridized carbons (Fsp3) is 0.824. The van der Waals surface area contributed by atoms with Crippen LogP contribution in [0.2, 0.25) is 0 Å². The maximum Gasteiger partial charge on any atom is 0.320 e. The average Bonchev–Trinajstić information content (AvgIpc) is 3.04. The number of ether oxygens (including phenoxy) is 1. The Hall–Kier alpha value is -1.27. The summed E-state index contributed by atoms with van der Waals surface area (Å²) < 4.78 is 5.35. The third-order valence-electron chi connectivity index (χ3n) is 5.83. The largest absolute Gasteiger partial charge is 0.464 e. The summed E-state index contributed by atoms with van der Waals surface area (Å²) in [6.07, 6.45) is 1.33. The molecule has 23 heavy (non-hydrogen) atoms. The van der Waals surface area contributed by atoms with E-state index in [1.54, 1.807) is 6.92 Å². The van der Waals surface area contributed by atoms with Gasteiger partial charge >= 0.3 is 5.97 Å². The first-order valence-electron chi connectivity index (χ1n) is 8.27. The van der Waals surface area contributed by atoms with Gasteiger partial charge in [0.1, 0.15) is 12.0 Å². The summed E-state index contributed by atoms with van der Waals surface area (Å²) >= 11 is 0. The van der Waals surface area contributed by atoms with Gasteiger partial charge in [-0.05, 0) is 31.1 Å². The molecule has 2 N–H and O–H groups in total. The Morgan fingerprint density at radius 3 is 2.43 bits per heavy atom. The molecule has 0 aromatic rings. The molecule has 2 bridgehead atoms.